The molecule has 3 heterocycles. The van der Waals surface area contributed by atoms with Crippen molar-refractivity contribution >= 4 is 5.84 Å². The van der Waals surface area contributed by atoms with Crippen LogP contribution in [0.15, 0.2) is 82.8 Å². The normalized spacial score (nSPS) is 21.4. The molecule has 0 spiro atoms. The van der Waals surface area contributed by atoms with Crippen molar-refractivity contribution in [3.8, 4) is 5.75 Å². The number of phenolic OH excluding ortho intramolecular Hbond substituents is 1. The summed E-state index contributed by atoms with van der Waals surface area (Å²) in [6, 6.07) is 19.4. The van der Waals surface area contributed by atoms with Crippen LogP contribution in [0.5, 0.6) is 5.75 Å². The molecule has 190 valence electrons. The van der Waals surface area contributed by atoms with Crippen LogP contribution in [0.1, 0.15) is 45.2 Å². The zero-order valence-electron chi connectivity index (χ0n) is 22.2. The van der Waals surface area contributed by atoms with Crippen LogP contribution in [0.4, 0.5) is 0 Å². The Balaban J connectivity index is 1.50. The van der Waals surface area contributed by atoms with Crippen molar-refractivity contribution in [1.29, 1.82) is 0 Å². The van der Waals surface area contributed by atoms with E-state index in [0.29, 0.717) is 23.8 Å². The minimum atomic E-state index is 0.325. The Morgan fingerprint density at radius 2 is 1.72 bits per heavy atom. The molecule has 5 nitrogen and oxygen atoms in total. The maximum Gasteiger partial charge on any atom is 0.131 e. The second kappa shape index (κ2) is 10.4. The van der Waals surface area contributed by atoms with Crippen molar-refractivity contribution in [3.05, 3.63) is 88.9 Å². The molecule has 2 atom stereocenters. The SMILES string of the molecule is CC(C)=C1CN=C2C=C3N(CCc4ccccc4)C(CC(C)C)CN3C(Cc3ccc(O)cc3)CN21. The summed E-state index contributed by atoms with van der Waals surface area (Å²) in [6.45, 7) is 12.8. The first-order valence-electron chi connectivity index (χ1n) is 13.4. The van der Waals surface area contributed by atoms with Crippen LogP contribution in [0.25, 0.3) is 0 Å². The molecular weight excluding hydrogens is 444 g/mol. The molecule has 0 saturated carbocycles. The third-order valence-corrected chi connectivity index (χ3v) is 7.73. The van der Waals surface area contributed by atoms with Gasteiger partial charge in [0.25, 0.3) is 0 Å². The van der Waals surface area contributed by atoms with Gasteiger partial charge < -0.3 is 19.8 Å². The summed E-state index contributed by atoms with van der Waals surface area (Å²) in [4.78, 5) is 12.8. The highest BCUT2D eigenvalue weighted by Crippen LogP contribution is 2.35. The lowest BCUT2D eigenvalue weighted by Gasteiger charge is -2.33. The van der Waals surface area contributed by atoms with E-state index < -0.39 is 0 Å². The molecule has 5 heteroatoms. The second-order valence-electron chi connectivity index (χ2n) is 11.1. The third kappa shape index (κ3) is 5.16. The molecule has 2 aromatic rings. The van der Waals surface area contributed by atoms with E-state index >= 15 is 0 Å². The zero-order valence-corrected chi connectivity index (χ0v) is 22.2. The molecule has 0 aliphatic carbocycles. The van der Waals surface area contributed by atoms with E-state index in [2.05, 4.69) is 90.9 Å². The van der Waals surface area contributed by atoms with Gasteiger partial charge in [0.15, 0.2) is 0 Å². The number of aromatic hydroxyl groups is 1. The van der Waals surface area contributed by atoms with Gasteiger partial charge in [0, 0.05) is 37.4 Å². The Kier molecular flexibility index (Phi) is 7.08. The van der Waals surface area contributed by atoms with Crippen molar-refractivity contribution in [2.75, 3.05) is 26.2 Å². The summed E-state index contributed by atoms with van der Waals surface area (Å²) < 4.78 is 0. The van der Waals surface area contributed by atoms with Gasteiger partial charge in [-0.25, -0.2) is 0 Å². The maximum absolute atomic E-state index is 9.83. The fraction of sp³-hybridized carbons (Fsp3) is 0.452. The number of aliphatic imine (C=N–C) groups is 1. The number of fused-ring (bicyclic) bond motifs is 2. The van der Waals surface area contributed by atoms with E-state index in [1.807, 2.05) is 12.1 Å². The Morgan fingerprint density at radius 3 is 2.42 bits per heavy atom. The lowest BCUT2D eigenvalue weighted by atomic mass is 10.0. The fourth-order valence-electron chi connectivity index (χ4n) is 5.93. The molecule has 1 N–H and O–H groups in total. The molecule has 3 aliphatic heterocycles. The maximum atomic E-state index is 9.83. The molecule has 0 radical (unpaired) electrons. The quantitative estimate of drug-likeness (QED) is 0.568. The van der Waals surface area contributed by atoms with Gasteiger partial charge in [0.05, 0.1) is 12.6 Å². The summed E-state index contributed by atoms with van der Waals surface area (Å²) >= 11 is 0. The van der Waals surface area contributed by atoms with Crippen molar-refractivity contribution in [3.63, 3.8) is 0 Å². The number of benzene rings is 2. The number of nitrogens with zero attached hydrogens (tertiary/aromatic N) is 4. The van der Waals surface area contributed by atoms with Crippen LogP contribution in [0.2, 0.25) is 0 Å². The molecule has 36 heavy (non-hydrogen) atoms. The van der Waals surface area contributed by atoms with Crippen LogP contribution in [0.3, 0.4) is 0 Å². The standard InChI is InChI=1S/C31H40N4O/c1-22(2)16-26-20-34-27(17-25-10-12-28(36)13-11-25)21-35-29(23(3)4)19-32-30(35)18-31(34)33(26)15-14-24-8-6-5-7-9-24/h5-13,18,22,26-27,36H,14-17,19-21H2,1-4H3. The number of phenols is 1. The van der Waals surface area contributed by atoms with Gasteiger partial charge in [-0.2, -0.15) is 0 Å². The van der Waals surface area contributed by atoms with Gasteiger partial charge in [-0.1, -0.05) is 61.9 Å². The second-order valence-corrected chi connectivity index (χ2v) is 11.1. The van der Waals surface area contributed by atoms with E-state index in [-0.39, 0.29) is 0 Å². The topological polar surface area (TPSA) is 42.3 Å². The van der Waals surface area contributed by atoms with E-state index in [0.717, 1.165) is 44.9 Å². The summed E-state index contributed by atoms with van der Waals surface area (Å²) in [7, 11) is 0. The number of hydrogen-bond donors (Lipinski definition) is 1. The van der Waals surface area contributed by atoms with Gasteiger partial charge in [0.2, 0.25) is 0 Å². The summed E-state index contributed by atoms with van der Waals surface area (Å²) in [5.41, 5.74) is 5.34. The monoisotopic (exact) mass is 484 g/mol. The first kappa shape index (κ1) is 24.5. The predicted molar refractivity (Wildman–Crippen MR) is 148 cm³/mol. The Morgan fingerprint density at radius 1 is 0.972 bits per heavy atom. The molecular formula is C31H40N4O. The van der Waals surface area contributed by atoms with Gasteiger partial charge in [-0.3, -0.25) is 4.99 Å². The Hall–Kier alpha value is -3.21. The van der Waals surface area contributed by atoms with E-state index in [9.17, 15) is 5.11 Å². The Bertz CT molecular complexity index is 1140. The largest absolute Gasteiger partial charge is 0.508 e. The number of rotatable bonds is 7. The zero-order chi connectivity index (χ0) is 25.2. The number of amidine groups is 1. The minimum Gasteiger partial charge on any atom is -0.508 e. The highest BCUT2D eigenvalue weighted by Gasteiger charge is 2.41. The highest BCUT2D eigenvalue weighted by molar-refractivity contribution is 5.97. The van der Waals surface area contributed by atoms with Crippen LogP contribution in [-0.4, -0.2) is 63.9 Å². The fourth-order valence-corrected chi connectivity index (χ4v) is 5.93. The number of allylic oxidation sites excluding steroid dienone is 1. The molecule has 1 saturated heterocycles. The van der Waals surface area contributed by atoms with Crippen LogP contribution < -0.4 is 0 Å². The average molecular weight is 485 g/mol. The Labute approximate surface area is 216 Å². The van der Waals surface area contributed by atoms with Gasteiger partial charge in [-0.15, -0.1) is 0 Å². The molecule has 0 aromatic heterocycles. The van der Waals surface area contributed by atoms with E-state index in [1.165, 1.54) is 34.6 Å². The van der Waals surface area contributed by atoms with Gasteiger partial charge in [-0.05, 0) is 62.3 Å². The number of hydrogen-bond acceptors (Lipinski definition) is 5. The molecule has 3 aliphatic rings. The minimum absolute atomic E-state index is 0.325. The van der Waals surface area contributed by atoms with Crippen LogP contribution in [-0.2, 0) is 12.8 Å². The smallest absolute Gasteiger partial charge is 0.131 e. The molecule has 1 fully saturated rings. The summed E-state index contributed by atoms with van der Waals surface area (Å²) in [6.07, 6.45) is 5.53. The van der Waals surface area contributed by atoms with Crippen molar-refractivity contribution in [2.45, 2.75) is 59.0 Å². The van der Waals surface area contributed by atoms with Crippen LogP contribution in [0, 0.1) is 5.92 Å². The lowest BCUT2D eigenvalue weighted by Crippen LogP contribution is -2.42. The summed E-state index contributed by atoms with van der Waals surface area (Å²) in [5, 5.41) is 9.83. The molecule has 5 rings (SSSR count). The molecule has 2 aromatic carbocycles. The van der Waals surface area contributed by atoms with Crippen LogP contribution >= 0.6 is 0 Å². The van der Waals surface area contributed by atoms with E-state index in [1.54, 1.807) is 0 Å². The lowest BCUT2D eigenvalue weighted by molar-refractivity contribution is 0.240. The first-order chi connectivity index (χ1) is 17.4. The molecule has 0 amide bonds. The van der Waals surface area contributed by atoms with Gasteiger partial charge in [0.1, 0.15) is 17.4 Å². The van der Waals surface area contributed by atoms with Crippen molar-refractivity contribution in [2.24, 2.45) is 10.9 Å². The molecule has 2 unspecified atom stereocenters. The third-order valence-electron chi connectivity index (χ3n) is 7.73. The summed E-state index contributed by atoms with van der Waals surface area (Å²) in [5.74, 6) is 3.41. The average Bonchev–Trinajstić information content (AvgIpc) is 3.36. The van der Waals surface area contributed by atoms with Gasteiger partial charge >= 0.3 is 0 Å². The highest BCUT2D eigenvalue weighted by atomic mass is 16.3. The molecule has 0 bridgehead atoms. The van der Waals surface area contributed by atoms with Crippen molar-refractivity contribution < 1.29 is 5.11 Å². The van der Waals surface area contributed by atoms with E-state index in [4.69, 9.17) is 4.99 Å². The van der Waals surface area contributed by atoms with Crippen molar-refractivity contribution in [1.82, 2.24) is 14.7 Å². The predicted octanol–water partition coefficient (Wildman–Crippen LogP) is 5.44. The first-order valence-corrected chi connectivity index (χ1v) is 13.4.